The van der Waals surface area contributed by atoms with Crippen molar-refractivity contribution >= 4 is 17.2 Å². The highest BCUT2D eigenvalue weighted by atomic mass is 19.1. The molecular weight excluding hydrogens is 436 g/mol. The van der Waals surface area contributed by atoms with Gasteiger partial charge in [0.15, 0.2) is 0 Å². The number of nitrogens with two attached hydrogens (primary N) is 1. The first-order valence-electron chi connectivity index (χ1n) is 11.6. The molecule has 0 radical (unpaired) electrons. The van der Waals surface area contributed by atoms with E-state index < -0.39 is 11.6 Å². The number of benzene rings is 1. The number of halogens is 2. The molecule has 0 unspecified atom stereocenters. The number of ether oxygens (including phenoxy) is 1. The Morgan fingerprint density at radius 3 is 2.74 bits per heavy atom. The average molecular weight is 464 g/mol. The second kappa shape index (κ2) is 9.18. The quantitative estimate of drug-likeness (QED) is 0.538. The molecule has 2 aliphatic rings. The second-order valence-electron chi connectivity index (χ2n) is 9.18. The number of nitrogens with zero attached hydrogens (tertiary/aromatic N) is 4. The lowest BCUT2D eigenvalue weighted by atomic mass is 9.86. The van der Waals surface area contributed by atoms with Gasteiger partial charge in [-0.1, -0.05) is 0 Å². The third kappa shape index (κ3) is 4.68. The van der Waals surface area contributed by atoms with Crippen molar-refractivity contribution in [2.24, 2.45) is 10.7 Å². The van der Waals surface area contributed by atoms with E-state index in [2.05, 4.69) is 15.0 Å². The maximum absolute atomic E-state index is 14.8. The third-order valence-electron chi connectivity index (χ3n) is 6.33. The van der Waals surface area contributed by atoms with E-state index in [4.69, 9.17) is 15.5 Å². The molecule has 3 heterocycles. The molecule has 8 heteroatoms. The Morgan fingerprint density at radius 2 is 2.00 bits per heavy atom. The summed E-state index contributed by atoms with van der Waals surface area (Å²) in [5.74, 6) is -1.29. The molecule has 3 atom stereocenters. The summed E-state index contributed by atoms with van der Waals surface area (Å²) in [7, 11) is 0. The van der Waals surface area contributed by atoms with Gasteiger partial charge >= 0.3 is 0 Å². The van der Waals surface area contributed by atoms with E-state index in [0.717, 1.165) is 42.3 Å². The fraction of sp³-hybridized carbons (Fsp3) is 0.385. The predicted molar refractivity (Wildman–Crippen MR) is 128 cm³/mol. The lowest BCUT2D eigenvalue weighted by Crippen LogP contribution is -2.32. The molecule has 5 rings (SSSR count). The molecule has 2 fully saturated rings. The zero-order valence-electron chi connectivity index (χ0n) is 19.2. The Hall–Kier alpha value is -3.26. The van der Waals surface area contributed by atoms with Crippen LogP contribution in [-0.4, -0.2) is 39.4 Å². The topological polar surface area (TPSA) is 86.3 Å². The fourth-order valence-corrected chi connectivity index (χ4v) is 4.46. The molecule has 1 aromatic carbocycles. The van der Waals surface area contributed by atoms with Crippen LogP contribution in [0.15, 0.2) is 47.2 Å². The van der Waals surface area contributed by atoms with Gasteiger partial charge in [-0.15, -0.1) is 0 Å². The van der Waals surface area contributed by atoms with Gasteiger partial charge in [0.25, 0.3) is 0 Å². The first-order chi connectivity index (χ1) is 16.4. The Morgan fingerprint density at radius 1 is 1.18 bits per heavy atom. The van der Waals surface area contributed by atoms with Crippen molar-refractivity contribution in [3.8, 4) is 11.3 Å². The van der Waals surface area contributed by atoms with Gasteiger partial charge in [-0.3, -0.25) is 9.98 Å². The molecule has 1 aliphatic heterocycles. The van der Waals surface area contributed by atoms with Crippen molar-refractivity contribution in [2.45, 2.75) is 63.7 Å². The van der Waals surface area contributed by atoms with E-state index >= 15 is 0 Å². The molecule has 6 nitrogen and oxygen atoms in total. The Labute approximate surface area is 197 Å². The molecular formula is C26H27F2N5O. The van der Waals surface area contributed by atoms with Crippen molar-refractivity contribution < 1.29 is 13.5 Å². The minimum absolute atomic E-state index is 0.0277. The fourth-order valence-electron chi connectivity index (χ4n) is 4.46. The molecule has 0 bridgehead atoms. The monoisotopic (exact) mass is 463 g/mol. The van der Waals surface area contributed by atoms with Crippen molar-refractivity contribution in [1.29, 1.82) is 0 Å². The van der Waals surface area contributed by atoms with Crippen LogP contribution >= 0.6 is 0 Å². The van der Waals surface area contributed by atoms with Crippen molar-refractivity contribution in [3.63, 3.8) is 0 Å². The van der Waals surface area contributed by atoms with Crippen LogP contribution in [0, 0.1) is 18.6 Å². The van der Waals surface area contributed by atoms with Crippen LogP contribution in [0.1, 0.15) is 49.9 Å². The SMILES string of the molecule is Cc1cnc2c(-c3ccc(F)cc3F)nc([C@@H]3C[C@H](C)O[C@@H](/C(C=NC4CC4)=C/N)C3)cc2n1. The predicted octanol–water partition coefficient (Wildman–Crippen LogP) is 5.01. The molecule has 0 spiro atoms. The van der Waals surface area contributed by atoms with Gasteiger partial charge in [-0.05, 0) is 57.7 Å². The summed E-state index contributed by atoms with van der Waals surface area (Å²) in [6, 6.07) is 5.80. The van der Waals surface area contributed by atoms with Crippen LogP contribution in [0.4, 0.5) is 8.78 Å². The Kier molecular flexibility index (Phi) is 6.08. The molecule has 1 saturated carbocycles. The van der Waals surface area contributed by atoms with Crippen molar-refractivity contribution in [1.82, 2.24) is 15.0 Å². The van der Waals surface area contributed by atoms with Crippen molar-refractivity contribution in [2.75, 3.05) is 0 Å². The molecule has 1 saturated heterocycles. The summed E-state index contributed by atoms with van der Waals surface area (Å²) in [6.45, 7) is 3.88. The number of pyridine rings is 1. The molecule has 2 aromatic heterocycles. The minimum Gasteiger partial charge on any atom is -0.404 e. The number of aryl methyl sites for hydroxylation is 1. The van der Waals surface area contributed by atoms with Gasteiger partial charge in [0, 0.05) is 47.4 Å². The van der Waals surface area contributed by atoms with Crippen LogP contribution in [0.25, 0.3) is 22.3 Å². The highest BCUT2D eigenvalue weighted by molar-refractivity contribution is 5.89. The largest absolute Gasteiger partial charge is 0.404 e. The van der Waals surface area contributed by atoms with Gasteiger partial charge < -0.3 is 10.5 Å². The lowest BCUT2D eigenvalue weighted by Gasteiger charge is -2.34. The van der Waals surface area contributed by atoms with Gasteiger partial charge in [-0.25, -0.2) is 18.7 Å². The third-order valence-corrected chi connectivity index (χ3v) is 6.33. The van der Waals surface area contributed by atoms with Gasteiger partial charge in [0.05, 0.1) is 29.5 Å². The van der Waals surface area contributed by atoms with Gasteiger partial charge in [0.1, 0.15) is 22.8 Å². The molecule has 2 N–H and O–H groups in total. The molecule has 1 aliphatic carbocycles. The number of hydrogen-bond acceptors (Lipinski definition) is 6. The van der Waals surface area contributed by atoms with E-state index in [1.807, 2.05) is 26.1 Å². The standard InChI is InChI=1S/C26H27F2N5O/c1-14-12-31-26-23(32-14)10-22(33-25(26)20-6-3-18(27)9-21(20)28)16-7-15(2)34-24(8-16)17(11-29)13-30-19-4-5-19/h3,6,9-13,15-16,19,24H,4-5,7-8,29H2,1-2H3/b17-11+,30-13?/t15-,16+,24+/m0/s1. The number of aliphatic imine (C=N–C) groups is 1. The molecule has 3 aromatic rings. The van der Waals surface area contributed by atoms with E-state index in [1.165, 1.54) is 12.1 Å². The van der Waals surface area contributed by atoms with E-state index in [9.17, 15) is 8.78 Å². The average Bonchev–Trinajstić information content (AvgIpc) is 3.63. The summed E-state index contributed by atoms with van der Waals surface area (Å²) < 4.78 is 34.5. The zero-order chi connectivity index (χ0) is 23.8. The van der Waals surface area contributed by atoms with Crippen LogP contribution in [0.2, 0.25) is 0 Å². The number of aromatic nitrogens is 3. The van der Waals surface area contributed by atoms with Gasteiger partial charge in [0.2, 0.25) is 0 Å². The van der Waals surface area contributed by atoms with Crippen molar-refractivity contribution in [3.05, 3.63) is 65.3 Å². The highest BCUT2D eigenvalue weighted by Gasteiger charge is 2.32. The second-order valence-corrected chi connectivity index (χ2v) is 9.18. The van der Waals surface area contributed by atoms with Crippen LogP contribution in [-0.2, 0) is 4.74 Å². The molecule has 34 heavy (non-hydrogen) atoms. The first-order valence-corrected chi connectivity index (χ1v) is 11.6. The van der Waals surface area contributed by atoms with E-state index in [0.29, 0.717) is 29.2 Å². The normalized spacial score (nSPS) is 23.6. The van der Waals surface area contributed by atoms with Crippen LogP contribution < -0.4 is 5.73 Å². The van der Waals surface area contributed by atoms with Crippen LogP contribution in [0.3, 0.4) is 0 Å². The molecule has 0 amide bonds. The van der Waals surface area contributed by atoms with Gasteiger partial charge in [-0.2, -0.15) is 0 Å². The maximum atomic E-state index is 14.8. The Bertz CT molecular complexity index is 1290. The summed E-state index contributed by atoms with van der Waals surface area (Å²) in [5, 5.41) is 0. The highest BCUT2D eigenvalue weighted by Crippen LogP contribution is 2.37. The lowest BCUT2D eigenvalue weighted by molar-refractivity contribution is -0.0266. The van der Waals surface area contributed by atoms with Crippen LogP contribution in [0.5, 0.6) is 0 Å². The first kappa shape index (κ1) is 22.5. The summed E-state index contributed by atoms with van der Waals surface area (Å²) >= 11 is 0. The smallest absolute Gasteiger partial charge is 0.135 e. The molecule has 176 valence electrons. The maximum Gasteiger partial charge on any atom is 0.135 e. The summed E-state index contributed by atoms with van der Waals surface area (Å²) in [6.07, 6.45) is 8.41. The summed E-state index contributed by atoms with van der Waals surface area (Å²) in [4.78, 5) is 18.5. The minimum atomic E-state index is -0.684. The number of hydrogen-bond donors (Lipinski definition) is 1. The number of rotatable bonds is 5. The van der Waals surface area contributed by atoms with E-state index in [-0.39, 0.29) is 23.7 Å². The van der Waals surface area contributed by atoms with E-state index in [1.54, 1.807) is 12.4 Å². The summed E-state index contributed by atoms with van der Waals surface area (Å²) in [5.41, 5.74) is 9.97. The Balaban J connectivity index is 1.56. The zero-order valence-corrected chi connectivity index (χ0v) is 19.2. The number of fused-ring (bicyclic) bond motifs is 1.